The number of carbonyl (C=O) groups excluding carboxylic acids is 1. The summed E-state index contributed by atoms with van der Waals surface area (Å²) in [5.74, 6) is 1.07. The van der Waals surface area contributed by atoms with Gasteiger partial charge in [-0.25, -0.2) is 4.98 Å². The molecule has 1 amide bonds. The number of amides is 1. The average Bonchev–Trinajstić information content (AvgIpc) is 3.00. The van der Waals surface area contributed by atoms with Crippen LogP contribution in [0.3, 0.4) is 0 Å². The third kappa shape index (κ3) is 4.20. The summed E-state index contributed by atoms with van der Waals surface area (Å²) in [6.45, 7) is 3.22. The van der Waals surface area contributed by atoms with Crippen LogP contribution in [-0.4, -0.2) is 27.8 Å². The van der Waals surface area contributed by atoms with E-state index in [-0.39, 0.29) is 5.91 Å². The zero-order chi connectivity index (χ0) is 16.8. The summed E-state index contributed by atoms with van der Waals surface area (Å²) in [7, 11) is 0. The first-order valence-electron chi connectivity index (χ1n) is 8.79. The second-order valence-electron chi connectivity index (χ2n) is 6.13. The molecule has 1 aliphatic rings. The molecule has 1 N–H and O–H groups in total. The first-order chi connectivity index (χ1) is 11.8. The molecule has 5 heteroatoms. The quantitative estimate of drug-likeness (QED) is 0.607. The van der Waals surface area contributed by atoms with Crippen molar-refractivity contribution in [3.63, 3.8) is 0 Å². The molecular formula is C19H25N3OS. The Balaban J connectivity index is 1.57. The number of allylic oxidation sites excluding steroid dienone is 1. The Labute approximate surface area is 147 Å². The van der Waals surface area contributed by atoms with Crippen LogP contribution in [0.4, 0.5) is 0 Å². The van der Waals surface area contributed by atoms with Crippen LogP contribution < -0.4 is 5.32 Å². The highest BCUT2D eigenvalue weighted by Gasteiger charge is 2.10. The molecule has 2 aromatic heterocycles. The molecule has 24 heavy (non-hydrogen) atoms. The predicted octanol–water partition coefficient (Wildman–Crippen LogP) is 4.16. The summed E-state index contributed by atoms with van der Waals surface area (Å²) >= 11 is 1.74. The van der Waals surface area contributed by atoms with Crippen molar-refractivity contribution < 1.29 is 4.79 Å². The number of pyridine rings is 1. The third-order valence-corrected chi connectivity index (χ3v) is 5.30. The van der Waals surface area contributed by atoms with Gasteiger partial charge >= 0.3 is 0 Å². The van der Waals surface area contributed by atoms with E-state index in [1.165, 1.54) is 31.3 Å². The van der Waals surface area contributed by atoms with Crippen LogP contribution in [0.25, 0.3) is 10.9 Å². The minimum absolute atomic E-state index is 0.0745. The molecule has 0 fully saturated rings. The van der Waals surface area contributed by atoms with Gasteiger partial charge in [-0.1, -0.05) is 18.6 Å². The van der Waals surface area contributed by atoms with Crippen LogP contribution in [0.5, 0.6) is 0 Å². The zero-order valence-corrected chi connectivity index (χ0v) is 15.1. The van der Waals surface area contributed by atoms with Crippen molar-refractivity contribution in [2.24, 2.45) is 0 Å². The Morgan fingerprint density at radius 2 is 2.29 bits per heavy atom. The van der Waals surface area contributed by atoms with E-state index < -0.39 is 0 Å². The number of nitrogens with zero attached hydrogens (tertiary/aromatic N) is 2. The normalized spacial score (nSPS) is 14.6. The van der Waals surface area contributed by atoms with Crippen LogP contribution >= 0.6 is 11.8 Å². The van der Waals surface area contributed by atoms with Gasteiger partial charge in [-0.2, -0.15) is 0 Å². The zero-order valence-electron chi connectivity index (χ0n) is 14.3. The Morgan fingerprint density at radius 1 is 1.38 bits per heavy atom. The van der Waals surface area contributed by atoms with E-state index in [0.717, 1.165) is 34.6 Å². The smallest absolute Gasteiger partial charge is 0.239 e. The molecule has 0 saturated carbocycles. The highest BCUT2D eigenvalue weighted by Crippen LogP contribution is 2.26. The van der Waals surface area contributed by atoms with E-state index in [2.05, 4.69) is 29.4 Å². The Kier molecular flexibility index (Phi) is 5.96. The molecule has 2 heterocycles. The molecule has 0 unspecified atom stereocenters. The topological polar surface area (TPSA) is 46.9 Å². The molecule has 1 aliphatic carbocycles. The molecular weight excluding hydrogens is 318 g/mol. The van der Waals surface area contributed by atoms with E-state index >= 15 is 0 Å². The first-order valence-corrected chi connectivity index (χ1v) is 9.77. The molecule has 2 aromatic rings. The lowest BCUT2D eigenvalue weighted by atomic mass is 9.97. The number of nitrogens with one attached hydrogen (secondary N) is 1. The van der Waals surface area contributed by atoms with Crippen molar-refractivity contribution in [1.82, 2.24) is 14.9 Å². The van der Waals surface area contributed by atoms with E-state index in [1.54, 1.807) is 11.8 Å². The minimum atomic E-state index is 0.0745. The third-order valence-electron chi connectivity index (χ3n) is 4.41. The predicted molar refractivity (Wildman–Crippen MR) is 100 cm³/mol. The molecule has 0 spiro atoms. The Hall–Kier alpha value is -1.75. The van der Waals surface area contributed by atoms with Gasteiger partial charge in [0.25, 0.3) is 0 Å². The number of thioether (sulfide) groups is 1. The molecule has 0 bridgehead atoms. The molecule has 0 aliphatic heterocycles. The summed E-state index contributed by atoms with van der Waals surface area (Å²) in [6, 6.07) is 4.04. The van der Waals surface area contributed by atoms with Crippen molar-refractivity contribution >= 4 is 28.6 Å². The molecule has 0 atom stereocenters. The molecule has 128 valence electrons. The van der Waals surface area contributed by atoms with Crippen LogP contribution in [0.15, 0.2) is 41.2 Å². The largest absolute Gasteiger partial charge is 0.354 e. The van der Waals surface area contributed by atoms with Crippen molar-refractivity contribution in [2.45, 2.75) is 50.6 Å². The van der Waals surface area contributed by atoms with Crippen molar-refractivity contribution in [2.75, 3.05) is 12.3 Å². The molecule has 3 rings (SSSR count). The van der Waals surface area contributed by atoms with Gasteiger partial charge in [0.05, 0.1) is 5.52 Å². The molecule has 0 radical (unpaired) electrons. The van der Waals surface area contributed by atoms with Crippen molar-refractivity contribution in [3.8, 4) is 0 Å². The van der Waals surface area contributed by atoms with Gasteiger partial charge in [-0.15, -0.1) is 11.8 Å². The summed E-state index contributed by atoms with van der Waals surface area (Å²) in [5, 5.41) is 5.22. The Morgan fingerprint density at radius 3 is 3.08 bits per heavy atom. The van der Waals surface area contributed by atoms with Gasteiger partial charge in [0.15, 0.2) is 0 Å². The van der Waals surface area contributed by atoms with E-state index in [4.69, 9.17) is 0 Å². The maximum Gasteiger partial charge on any atom is 0.239 e. The highest BCUT2D eigenvalue weighted by atomic mass is 32.2. The number of carbonyl (C=O) groups is 1. The number of hydrogen-bond acceptors (Lipinski definition) is 3. The van der Waals surface area contributed by atoms with Gasteiger partial charge in [-0.3, -0.25) is 4.79 Å². The van der Waals surface area contributed by atoms with Gasteiger partial charge in [0, 0.05) is 24.3 Å². The van der Waals surface area contributed by atoms with Crippen LogP contribution in [0.2, 0.25) is 0 Å². The standard InChI is InChI=1S/C19H25N3OS/c1-2-24-19-16-10-13-22(17(16)9-12-21-19)14-18(23)20-11-8-15-6-4-3-5-7-15/h6,9-10,12-13H,2-5,7-8,11,14H2,1H3,(H,20,23). The maximum atomic E-state index is 12.2. The van der Waals surface area contributed by atoms with Crippen molar-refractivity contribution in [3.05, 3.63) is 36.2 Å². The number of hydrogen-bond donors (Lipinski definition) is 1. The summed E-state index contributed by atoms with van der Waals surface area (Å²) in [5.41, 5.74) is 2.58. The van der Waals surface area contributed by atoms with Crippen LogP contribution in [0.1, 0.15) is 39.0 Å². The maximum absolute atomic E-state index is 12.2. The summed E-state index contributed by atoms with van der Waals surface area (Å²) < 4.78 is 2.01. The molecule has 4 nitrogen and oxygen atoms in total. The minimum Gasteiger partial charge on any atom is -0.354 e. The second kappa shape index (κ2) is 8.38. The van der Waals surface area contributed by atoms with Crippen LogP contribution in [-0.2, 0) is 11.3 Å². The van der Waals surface area contributed by atoms with Gasteiger partial charge in [0.1, 0.15) is 11.6 Å². The van der Waals surface area contributed by atoms with Crippen molar-refractivity contribution in [1.29, 1.82) is 0 Å². The van der Waals surface area contributed by atoms with Crippen LogP contribution in [0, 0.1) is 0 Å². The lowest BCUT2D eigenvalue weighted by Crippen LogP contribution is -2.28. The monoisotopic (exact) mass is 343 g/mol. The first kappa shape index (κ1) is 17.1. The number of rotatable bonds is 7. The fourth-order valence-electron chi connectivity index (χ4n) is 3.19. The second-order valence-corrected chi connectivity index (χ2v) is 7.39. The molecule has 0 saturated heterocycles. The average molecular weight is 343 g/mol. The lowest BCUT2D eigenvalue weighted by molar-refractivity contribution is -0.121. The number of aromatic nitrogens is 2. The molecule has 0 aromatic carbocycles. The summed E-state index contributed by atoms with van der Waals surface area (Å²) in [6.07, 6.45) is 12.1. The van der Waals surface area contributed by atoms with E-state index in [1.807, 2.05) is 23.0 Å². The van der Waals surface area contributed by atoms with Gasteiger partial charge in [-0.05, 0) is 50.0 Å². The SMILES string of the molecule is CCSc1nccc2c1ccn2CC(=O)NCCC1=CCCCC1. The van der Waals surface area contributed by atoms with E-state index in [9.17, 15) is 4.79 Å². The fraction of sp³-hybridized carbons (Fsp3) is 0.474. The highest BCUT2D eigenvalue weighted by molar-refractivity contribution is 7.99. The number of fused-ring (bicyclic) bond motifs is 1. The fourth-order valence-corrected chi connectivity index (χ4v) is 3.93. The van der Waals surface area contributed by atoms with Gasteiger partial charge < -0.3 is 9.88 Å². The van der Waals surface area contributed by atoms with E-state index in [0.29, 0.717) is 6.54 Å². The summed E-state index contributed by atoms with van der Waals surface area (Å²) in [4.78, 5) is 16.7. The lowest BCUT2D eigenvalue weighted by Gasteiger charge is -2.13. The Bertz CT molecular complexity index is 735. The van der Waals surface area contributed by atoms with Gasteiger partial charge in [0.2, 0.25) is 5.91 Å².